The number of hydrogen-bond donors (Lipinski definition) is 1. The molecule has 0 aromatic heterocycles. The molecule has 0 spiro atoms. The van der Waals surface area contributed by atoms with Crippen LogP contribution in [0, 0.1) is 18.7 Å². The highest BCUT2D eigenvalue weighted by atomic mass is 19.1. The summed E-state index contributed by atoms with van der Waals surface area (Å²) in [4.78, 5) is 0. The molecule has 0 aliphatic carbocycles. The van der Waals surface area contributed by atoms with Crippen LogP contribution >= 0.6 is 0 Å². The third kappa shape index (κ3) is 3.09. The summed E-state index contributed by atoms with van der Waals surface area (Å²) >= 11 is 0. The zero-order chi connectivity index (χ0) is 13.1. The predicted octanol–water partition coefficient (Wildman–Crippen LogP) is 3.21. The minimum atomic E-state index is -0.151. The van der Waals surface area contributed by atoms with Gasteiger partial charge in [-0.05, 0) is 19.4 Å². The van der Waals surface area contributed by atoms with E-state index in [0.717, 1.165) is 25.1 Å². The zero-order valence-electron chi connectivity index (χ0n) is 11.4. The Labute approximate surface area is 109 Å². The summed E-state index contributed by atoms with van der Waals surface area (Å²) in [5.74, 6) is 0.214. The molecule has 1 aromatic rings. The van der Waals surface area contributed by atoms with Gasteiger partial charge in [-0.15, -0.1) is 0 Å². The maximum absolute atomic E-state index is 13.9. The van der Waals surface area contributed by atoms with E-state index >= 15 is 0 Å². The zero-order valence-corrected chi connectivity index (χ0v) is 11.4. The molecular formula is C15H22FNO. The highest BCUT2D eigenvalue weighted by molar-refractivity contribution is 5.27. The molecule has 18 heavy (non-hydrogen) atoms. The lowest BCUT2D eigenvalue weighted by Crippen LogP contribution is -2.30. The summed E-state index contributed by atoms with van der Waals surface area (Å²) in [6.07, 6.45) is 0.897. The van der Waals surface area contributed by atoms with Gasteiger partial charge in [-0.3, -0.25) is 0 Å². The van der Waals surface area contributed by atoms with Gasteiger partial charge in [0.25, 0.3) is 0 Å². The van der Waals surface area contributed by atoms with Gasteiger partial charge in [-0.2, -0.15) is 0 Å². The van der Waals surface area contributed by atoms with Gasteiger partial charge in [0, 0.05) is 30.7 Å². The monoisotopic (exact) mass is 251 g/mol. The van der Waals surface area contributed by atoms with Gasteiger partial charge in [0.05, 0.1) is 6.10 Å². The van der Waals surface area contributed by atoms with Crippen molar-refractivity contribution >= 4 is 0 Å². The summed E-state index contributed by atoms with van der Waals surface area (Å²) in [5, 5.41) is 3.42. The van der Waals surface area contributed by atoms with E-state index < -0.39 is 0 Å². The molecule has 1 aromatic carbocycles. The van der Waals surface area contributed by atoms with Crippen LogP contribution in [0.3, 0.4) is 0 Å². The molecule has 1 fully saturated rings. The van der Waals surface area contributed by atoms with E-state index in [1.807, 2.05) is 13.0 Å². The smallest absolute Gasteiger partial charge is 0.129 e. The molecular weight excluding hydrogens is 229 g/mol. The Hall–Kier alpha value is -0.930. The number of aryl methyl sites for hydroxylation is 1. The first-order chi connectivity index (χ1) is 8.58. The fourth-order valence-electron chi connectivity index (χ4n) is 2.45. The quantitative estimate of drug-likeness (QED) is 0.887. The standard InChI is InChI=1S/C15H22FNO/c1-10(2)17-9-12-6-7-18-15(12)13-8-11(3)4-5-14(13)16/h4-5,8,10,12,15,17H,6-7,9H2,1-3H3. The van der Waals surface area contributed by atoms with Crippen molar-refractivity contribution in [1.82, 2.24) is 5.32 Å². The van der Waals surface area contributed by atoms with Crippen LogP contribution in [-0.4, -0.2) is 19.2 Å². The third-order valence-corrected chi connectivity index (χ3v) is 3.46. The fourth-order valence-corrected chi connectivity index (χ4v) is 2.45. The summed E-state index contributed by atoms with van der Waals surface area (Å²) < 4.78 is 19.6. The van der Waals surface area contributed by atoms with Crippen LogP contribution in [0.4, 0.5) is 4.39 Å². The number of hydrogen-bond acceptors (Lipinski definition) is 2. The van der Waals surface area contributed by atoms with Crippen molar-refractivity contribution in [3.8, 4) is 0 Å². The maximum Gasteiger partial charge on any atom is 0.129 e. The molecule has 1 saturated heterocycles. The van der Waals surface area contributed by atoms with Gasteiger partial charge in [-0.1, -0.05) is 31.5 Å². The minimum Gasteiger partial charge on any atom is -0.373 e. The molecule has 3 heteroatoms. The average molecular weight is 251 g/mol. The molecule has 2 rings (SSSR count). The largest absolute Gasteiger partial charge is 0.373 e. The van der Waals surface area contributed by atoms with E-state index in [2.05, 4.69) is 19.2 Å². The van der Waals surface area contributed by atoms with E-state index in [9.17, 15) is 4.39 Å². The molecule has 2 unspecified atom stereocenters. The van der Waals surface area contributed by atoms with Crippen molar-refractivity contribution in [2.45, 2.75) is 39.3 Å². The highest BCUT2D eigenvalue weighted by Crippen LogP contribution is 2.35. The first kappa shape index (κ1) is 13.5. The summed E-state index contributed by atoms with van der Waals surface area (Å²) in [6.45, 7) is 7.84. The van der Waals surface area contributed by atoms with E-state index in [0.29, 0.717) is 17.5 Å². The van der Waals surface area contributed by atoms with E-state index in [-0.39, 0.29) is 11.9 Å². The topological polar surface area (TPSA) is 21.3 Å². The molecule has 2 nitrogen and oxygen atoms in total. The Morgan fingerprint density at radius 1 is 1.44 bits per heavy atom. The lowest BCUT2D eigenvalue weighted by atomic mass is 9.93. The van der Waals surface area contributed by atoms with Crippen LogP contribution in [0.2, 0.25) is 0 Å². The fraction of sp³-hybridized carbons (Fsp3) is 0.600. The molecule has 0 radical (unpaired) electrons. The lowest BCUT2D eigenvalue weighted by molar-refractivity contribution is 0.0870. The SMILES string of the molecule is Cc1ccc(F)c(C2OCCC2CNC(C)C)c1. The summed E-state index contributed by atoms with van der Waals surface area (Å²) in [5.41, 5.74) is 1.79. The number of ether oxygens (including phenoxy) is 1. The second kappa shape index (κ2) is 5.81. The van der Waals surface area contributed by atoms with Crippen LogP contribution in [-0.2, 0) is 4.74 Å². The summed E-state index contributed by atoms with van der Waals surface area (Å²) in [6, 6.07) is 5.70. The van der Waals surface area contributed by atoms with Crippen LogP contribution < -0.4 is 5.32 Å². The number of halogens is 1. The predicted molar refractivity (Wildman–Crippen MR) is 71.1 cm³/mol. The van der Waals surface area contributed by atoms with Gasteiger partial charge in [-0.25, -0.2) is 4.39 Å². The van der Waals surface area contributed by atoms with Crippen molar-refractivity contribution in [1.29, 1.82) is 0 Å². The van der Waals surface area contributed by atoms with E-state index in [1.54, 1.807) is 12.1 Å². The molecule has 2 atom stereocenters. The Balaban J connectivity index is 2.13. The van der Waals surface area contributed by atoms with Crippen molar-refractivity contribution in [3.05, 3.63) is 35.1 Å². The van der Waals surface area contributed by atoms with Crippen molar-refractivity contribution in [2.75, 3.05) is 13.2 Å². The van der Waals surface area contributed by atoms with Gasteiger partial charge in [0.1, 0.15) is 5.82 Å². The minimum absolute atomic E-state index is 0.101. The molecule has 0 amide bonds. The summed E-state index contributed by atoms with van der Waals surface area (Å²) in [7, 11) is 0. The van der Waals surface area contributed by atoms with Crippen LogP contribution in [0.1, 0.15) is 37.5 Å². The first-order valence-corrected chi connectivity index (χ1v) is 6.69. The van der Waals surface area contributed by atoms with Crippen LogP contribution in [0.5, 0.6) is 0 Å². The van der Waals surface area contributed by atoms with Gasteiger partial charge in [0.2, 0.25) is 0 Å². The second-order valence-corrected chi connectivity index (χ2v) is 5.43. The normalized spacial score (nSPS) is 23.8. The second-order valence-electron chi connectivity index (χ2n) is 5.43. The molecule has 1 aliphatic heterocycles. The van der Waals surface area contributed by atoms with Gasteiger partial charge in [0.15, 0.2) is 0 Å². The molecule has 1 N–H and O–H groups in total. The average Bonchev–Trinajstić information content (AvgIpc) is 2.77. The molecule has 1 aliphatic rings. The number of benzene rings is 1. The maximum atomic E-state index is 13.9. The van der Waals surface area contributed by atoms with Gasteiger partial charge < -0.3 is 10.1 Å². The van der Waals surface area contributed by atoms with E-state index in [4.69, 9.17) is 4.74 Å². The van der Waals surface area contributed by atoms with Gasteiger partial charge >= 0.3 is 0 Å². The molecule has 1 heterocycles. The molecule has 100 valence electrons. The van der Waals surface area contributed by atoms with Crippen LogP contribution in [0.25, 0.3) is 0 Å². The van der Waals surface area contributed by atoms with Crippen molar-refractivity contribution < 1.29 is 9.13 Å². The Kier molecular flexibility index (Phi) is 4.36. The Morgan fingerprint density at radius 3 is 2.94 bits per heavy atom. The molecule has 0 bridgehead atoms. The van der Waals surface area contributed by atoms with E-state index in [1.165, 1.54) is 0 Å². The van der Waals surface area contributed by atoms with Crippen molar-refractivity contribution in [3.63, 3.8) is 0 Å². The Morgan fingerprint density at radius 2 is 2.22 bits per heavy atom. The first-order valence-electron chi connectivity index (χ1n) is 6.69. The molecule has 0 saturated carbocycles. The lowest BCUT2D eigenvalue weighted by Gasteiger charge is -2.21. The number of rotatable bonds is 4. The van der Waals surface area contributed by atoms with Crippen molar-refractivity contribution in [2.24, 2.45) is 5.92 Å². The van der Waals surface area contributed by atoms with Crippen LogP contribution in [0.15, 0.2) is 18.2 Å². The Bertz CT molecular complexity index is 405. The number of nitrogens with one attached hydrogen (secondary N) is 1. The third-order valence-electron chi connectivity index (χ3n) is 3.46. The highest BCUT2D eigenvalue weighted by Gasteiger charge is 2.31.